The van der Waals surface area contributed by atoms with Crippen LogP contribution in [0.3, 0.4) is 0 Å². The molecule has 0 radical (unpaired) electrons. The summed E-state index contributed by atoms with van der Waals surface area (Å²) in [6.07, 6.45) is 0. The van der Waals surface area contributed by atoms with E-state index in [0.29, 0.717) is 11.6 Å². The van der Waals surface area contributed by atoms with Crippen molar-refractivity contribution in [3.63, 3.8) is 0 Å². The Bertz CT molecular complexity index is 595. The highest BCUT2D eigenvalue weighted by molar-refractivity contribution is 6.17. The lowest BCUT2D eigenvalue weighted by Crippen LogP contribution is -2.14. The van der Waals surface area contributed by atoms with E-state index in [4.69, 9.17) is 11.6 Å². The summed E-state index contributed by atoms with van der Waals surface area (Å²) in [7, 11) is 1.87. The largest absolute Gasteiger partial charge is 0.342 e. The summed E-state index contributed by atoms with van der Waals surface area (Å²) in [6.45, 7) is 4.07. The lowest BCUT2D eigenvalue weighted by Gasteiger charge is -2.24. The molecule has 2 aromatic carbocycles. The molecule has 0 saturated heterocycles. The fourth-order valence-electron chi connectivity index (χ4n) is 2.35. The van der Waals surface area contributed by atoms with Gasteiger partial charge in [-0.3, -0.25) is 0 Å². The number of anilines is 2. The summed E-state index contributed by atoms with van der Waals surface area (Å²) in [5.74, 6) is 0.0446. The minimum Gasteiger partial charge on any atom is -0.342 e. The Kier molecular flexibility index (Phi) is 4.11. The van der Waals surface area contributed by atoms with Crippen molar-refractivity contribution in [3.8, 4) is 0 Å². The number of hydrogen-bond donors (Lipinski definition) is 0. The van der Waals surface area contributed by atoms with Gasteiger partial charge in [0.25, 0.3) is 0 Å². The number of nitrogens with zero attached hydrogens (tertiary/aromatic N) is 1. The lowest BCUT2D eigenvalue weighted by molar-refractivity contribution is 0.626. The van der Waals surface area contributed by atoms with Crippen LogP contribution in [0.4, 0.5) is 15.8 Å². The molecule has 0 spiro atoms. The predicted molar refractivity (Wildman–Crippen MR) is 79.9 cm³/mol. The first-order valence-corrected chi connectivity index (χ1v) is 6.72. The van der Waals surface area contributed by atoms with E-state index in [1.165, 1.54) is 11.6 Å². The Morgan fingerprint density at radius 3 is 2.53 bits per heavy atom. The number of rotatable bonds is 3. The summed E-state index contributed by atoms with van der Waals surface area (Å²) in [6, 6.07) is 11.1. The van der Waals surface area contributed by atoms with Gasteiger partial charge in [0, 0.05) is 18.6 Å². The Labute approximate surface area is 118 Å². The molecule has 0 aliphatic heterocycles. The zero-order chi connectivity index (χ0) is 14.0. The van der Waals surface area contributed by atoms with Crippen molar-refractivity contribution < 1.29 is 4.39 Å². The van der Waals surface area contributed by atoms with Crippen molar-refractivity contribution >= 4 is 23.0 Å². The highest BCUT2D eigenvalue weighted by atomic mass is 35.5. The van der Waals surface area contributed by atoms with Crippen molar-refractivity contribution in [2.45, 2.75) is 19.7 Å². The molecule has 0 aliphatic carbocycles. The van der Waals surface area contributed by atoms with Gasteiger partial charge in [0.05, 0.1) is 5.69 Å². The Balaban J connectivity index is 2.52. The molecule has 0 aliphatic rings. The summed E-state index contributed by atoms with van der Waals surface area (Å²) in [5.41, 5.74) is 4.64. The molecule has 0 heterocycles. The third-order valence-electron chi connectivity index (χ3n) is 3.26. The highest BCUT2D eigenvalue weighted by Crippen LogP contribution is 2.32. The van der Waals surface area contributed by atoms with Crippen LogP contribution in [0.1, 0.15) is 16.7 Å². The molecule has 0 atom stereocenters. The van der Waals surface area contributed by atoms with Gasteiger partial charge in [0.15, 0.2) is 0 Å². The standard InChI is InChI=1S/C16H17ClFN/c1-11-7-8-15(12(2)9-11)19(3)16-13(10-17)5-4-6-14(16)18/h4-9H,10H2,1-3H3. The number of alkyl halides is 1. The molecular formula is C16H17ClFN. The second-order valence-corrected chi connectivity index (χ2v) is 5.00. The van der Waals surface area contributed by atoms with E-state index in [-0.39, 0.29) is 5.82 Å². The van der Waals surface area contributed by atoms with Crippen LogP contribution in [0.15, 0.2) is 36.4 Å². The Morgan fingerprint density at radius 2 is 1.89 bits per heavy atom. The first-order chi connectivity index (χ1) is 9.04. The predicted octanol–water partition coefficient (Wildman–Crippen LogP) is 4.95. The van der Waals surface area contributed by atoms with Gasteiger partial charge in [-0.25, -0.2) is 4.39 Å². The normalized spacial score (nSPS) is 10.6. The van der Waals surface area contributed by atoms with Gasteiger partial charge in [-0.2, -0.15) is 0 Å². The van der Waals surface area contributed by atoms with Gasteiger partial charge in [0.2, 0.25) is 0 Å². The molecule has 1 nitrogen and oxygen atoms in total. The SMILES string of the molecule is Cc1ccc(N(C)c2c(F)cccc2CCl)c(C)c1. The first-order valence-electron chi connectivity index (χ1n) is 6.19. The van der Waals surface area contributed by atoms with E-state index in [1.807, 2.05) is 44.0 Å². The monoisotopic (exact) mass is 277 g/mol. The van der Waals surface area contributed by atoms with E-state index in [9.17, 15) is 4.39 Å². The maximum atomic E-state index is 14.1. The van der Waals surface area contributed by atoms with Crippen molar-refractivity contribution in [2.75, 3.05) is 11.9 Å². The molecule has 0 saturated carbocycles. The lowest BCUT2D eigenvalue weighted by atomic mass is 10.1. The van der Waals surface area contributed by atoms with Crippen LogP contribution in [-0.2, 0) is 5.88 Å². The smallest absolute Gasteiger partial charge is 0.147 e. The van der Waals surface area contributed by atoms with Crippen LogP contribution in [0.2, 0.25) is 0 Å². The third-order valence-corrected chi connectivity index (χ3v) is 3.55. The van der Waals surface area contributed by atoms with E-state index in [1.54, 1.807) is 6.07 Å². The minimum atomic E-state index is -0.249. The number of benzene rings is 2. The average Bonchev–Trinajstić information content (AvgIpc) is 2.37. The second-order valence-electron chi connectivity index (χ2n) is 4.73. The van der Waals surface area contributed by atoms with Gasteiger partial charge in [-0.05, 0) is 37.1 Å². The highest BCUT2D eigenvalue weighted by Gasteiger charge is 2.15. The second kappa shape index (κ2) is 5.62. The van der Waals surface area contributed by atoms with E-state index >= 15 is 0 Å². The quantitative estimate of drug-likeness (QED) is 0.718. The molecule has 0 fully saturated rings. The van der Waals surface area contributed by atoms with E-state index in [0.717, 1.165) is 16.8 Å². The van der Waals surface area contributed by atoms with Crippen LogP contribution >= 0.6 is 11.6 Å². The molecule has 0 unspecified atom stereocenters. The molecular weight excluding hydrogens is 261 g/mol. The van der Waals surface area contributed by atoms with Crippen LogP contribution in [-0.4, -0.2) is 7.05 Å². The zero-order valence-corrected chi connectivity index (χ0v) is 12.1. The van der Waals surface area contributed by atoms with Crippen LogP contribution in [0.25, 0.3) is 0 Å². The number of aryl methyl sites for hydroxylation is 2. The zero-order valence-electron chi connectivity index (χ0n) is 11.4. The summed E-state index contributed by atoms with van der Waals surface area (Å²) in [5, 5.41) is 0. The molecule has 0 aromatic heterocycles. The fourth-order valence-corrected chi connectivity index (χ4v) is 2.56. The van der Waals surface area contributed by atoms with Crippen molar-refractivity contribution in [1.29, 1.82) is 0 Å². The molecule has 3 heteroatoms. The minimum absolute atomic E-state index is 0.249. The van der Waals surface area contributed by atoms with E-state index < -0.39 is 0 Å². The van der Waals surface area contributed by atoms with Gasteiger partial charge in [-0.1, -0.05) is 29.8 Å². The Morgan fingerprint density at radius 1 is 1.16 bits per heavy atom. The van der Waals surface area contributed by atoms with E-state index in [2.05, 4.69) is 6.07 Å². The van der Waals surface area contributed by atoms with Crippen LogP contribution < -0.4 is 4.90 Å². The van der Waals surface area contributed by atoms with Crippen molar-refractivity contribution in [2.24, 2.45) is 0 Å². The molecule has 2 rings (SSSR count). The number of halogens is 2. The third kappa shape index (κ3) is 2.74. The topological polar surface area (TPSA) is 3.24 Å². The molecule has 2 aromatic rings. The maximum absolute atomic E-state index is 14.1. The Hall–Kier alpha value is -1.54. The summed E-state index contributed by atoms with van der Waals surface area (Å²) < 4.78 is 14.1. The summed E-state index contributed by atoms with van der Waals surface area (Å²) in [4.78, 5) is 1.86. The molecule has 0 amide bonds. The van der Waals surface area contributed by atoms with Crippen LogP contribution in [0, 0.1) is 19.7 Å². The fraction of sp³-hybridized carbons (Fsp3) is 0.250. The van der Waals surface area contributed by atoms with Crippen molar-refractivity contribution in [1.82, 2.24) is 0 Å². The van der Waals surface area contributed by atoms with Crippen molar-refractivity contribution in [3.05, 3.63) is 58.9 Å². The number of para-hydroxylation sites is 1. The maximum Gasteiger partial charge on any atom is 0.147 e. The molecule has 0 bridgehead atoms. The van der Waals surface area contributed by atoms with Gasteiger partial charge in [-0.15, -0.1) is 11.6 Å². The first kappa shape index (κ1) is 13.9. The molecule has 19 heavy (non-hydrogen) atoms. The average molecular weight is 278 g/mol. The van der Waals surface area contributed by atoms with Gasteiger partial charge >= 0.3 is 0 Å². The number of hydrogen-bond acceptors (Lipinski definition) is 1. The molecule has 100 valence electrons. The van der Waals surface area contributed by atoms with Crippen LogP contribution in [0.5, 0.6) is 0 Å². The molecule has 0 N–H and O–H groups in total. The van der Waals surface area contributed by atoms with Gasteiger partial charge in [0.1, 0.15) is 5.82 Å². The summed E-state index contributed by atoms with van der Waals surface area (Å²) >= 11 is 5.91. The van der Waals surface area contributed by atoms with Gasteiger partial charge < -0.3 is 4.90 Å².